The molecule has 0 amide bonds. The van der Waals surface area contributed by atoms with Crippen LogP contribution in [0.3, 0.4) is 0 Å². The van der Waals surface area contributed by atoms with Gasteiger partial charge in [-0.25, -0.2) is 15.0 Å². The monoisotopic (exact) mass is 861 g/mol. The highest BCUT2D eigenvalue weighted by molar-refractivity contribution is 5.92. The van der Waals surface area contributed by atoms with Gasteiger partial charge in [-0.05, 0) is 124 Å². The Labute approximate surface area is 391 Å². The fourth-order valence-corrected chi connectivity index (χ4v) is 14.9. The lowest BCUT2D eigenvalue weighted by atomic mass is 9.55. The molecule has 5 aliphatic carbocycles. The molecule has 3 unspecified atom stereocenters. The van der Waals surface area contributed by atoms with Crippen molar-refractivity contribution in [2.75, 3.05) is 0 Å². The fourth-order valence-electron chi connectivity index (χ4n) is 14.9. The summed E-state index contributed by atoms with van der Waals surface area (Å²) in [6.07, 6.45) is 8.53. The van der Waals surface area contributed by atoms with Crippen molar-refractivity contribution in [2.24, 2.45) is 23.2 Å². The van der Waals surface area contributed by atoms with Crippen molar-refractivity contribution in [1.82, 2.24) is 15.0 Å². The van der Waals surface area contributed by atoms with Crippen LogP contribution in [0, 0.1) is 23.2 Å². The third-order valence-electron chi connectivity index (χ3n) is 17.4. The van der Waals surface area contributed by atoms with Gasteiger partial charge < -0.3 is 4.74 Å². The molecule has 4 saturated carbocycles. The zero-order chi connectivity index (χ0) is 43.9. The lowest BCUT2D eigenvalue weighted by molar-refractivity contribution is -0.000160. The quantitative estimate of drug-likeness (QED) is 0.167. The lowest BCUT2D eigenvalue weighted by Crippen LogP contribution is -2.42. The lowest BCUT2D eigenvalue weighted by Gasteiger charge is -2.49. The van der Waals surface area contributed by atoms with Crippen LogP contribution in [0.4, 0.5) is 0 Å². The van der Waals surface area contributed by atoms with Crippen LogP contribution in [0.2, 0.25) is 0 Å². The standard InChI is InChI=1S/C63H47N3O/c1-2-14-40(15-3-1)42-16-12-17-43(33-42)59-64-58(41-28-30-44(31-29-41)61-35-39-32-45-34-46(37-61)62(45,36-39)38-61)65-60(66-59)51-21-5-4-18-47(51)50-22-13-26-55-57(50)67-56-27-11-10-25-54(56)63(55)52-23-8-6-19-48(52)49-20-7-9-24-53(49)63/h1-31,33,39,45-46H,32,34-38H2/t39-,45?,46+,61?,62?/m0/s1. The number of hydrogen-bond acceptors (Lipinski definition) is 4. The molecule has 9 aromatic rings. The van der Waals surface area contributed by atoms with Gasteiger partial charge in [0.1, 0.15) is 11.5 Å². The number of benzene rings is 8. The van der Waals surface area contributed by atoms with Crippen molar-refractivity contribution >= 4 is 0 Å². The minimum Gasteiger partial charge on any atom is -0.456 e. The van der Waals surface area contributed by atoms with Crippen molar-refractivity contribution < 1.29 is 4.74 Å². The predicted octanol–water partition coefficient (Wildman–Crippen LogP) is 15.1. The molecule has 320 valence electrons. The maximum atomic E-state index is 7.17. The Hall–Kier alpha value is -7.43. The largest absolute Gasteiger partial charge is 0.456 e. The van der Waals surface area contributed by atoms with Crippen LogP contribution in [-0.4, -0.2) is 15.0 Å². The number of rotatable bonds is 6. The van der Waals surface area contributed by atoms with Crippen molar-refractivity contribution in [1.29, 1.82) is 0 Å². The highest BCUT2D eigenvalue weighted by atomic mass is 16.5. The summed E-state index contributed by atoms with van der Waals surface area (Å²) in [5, 5.41) is 0. The molecular formula is C63H47N3O. The predicted molar refractivity (Wildman–Crippen MR) is 267 cm³/mol. The minimum absolute atomic E-state index is 0.322. The van der Waals surface area contributed by atoms with Crippen LogP contribution in [0.25, 0.3) is 67.5 Å². The summed E-state index contributed by atoms with van der Waals surface area (Å²) in [5.74, 6) is 6.48. The highest BCUT2D eigenvalue weighted by Crippen LogP contribution is 2.79. The maximum absolute atomic E-state index is 7.17. The van der Waals surface area contributed by atoms with E-state index < -0.39 is 5.41 Å². The summed E-state index contributed by atoms with van der Waals surface area (Å²) in [6, 6.07) is 70.2. The molecule has 0 radical (unpaired) electrons. The number of nitrogens with zero attached hydrogens (tertiary/aromatic N) is 3. The Balaban J connectivity index is 0.901. The van der Waals surface area contributed by atoms with Gasteiger partial charge in [0.05, 0.1) is 5.41 Å². The molecule has 4 heteroatoms. The van der Waals surface area contributed by atoms with Crippen molar-refractivity contribution in [3.63, 3.8) is 0 Å². The number of hydrogen-bond donors (Lipinski definition) is 0. The first kappa shape index (κ1) is 37.8. The molecular weight excluding hydrogens is 815 g/mol. The third-order valence-corrected chi connectivity index (χ3v) is 17.4. The van der Waals surface area contributed by atoms with E-state index in [0.717, 1.165) is 79.3 Å². The van der Waals surface area contributed by atoms with Gasteiger partial charge in [-0.2, -0.15) is 0 Å². The minimum atomic E-state index is -0.567. The molecule has 8 aromatic carbocycles. The summed E-state index contributed by atoms with van der Waals surface area (Å²) in [5.41, 5.74) is 16.4. The molecule has 15 rings (SSSR count). The number of fused-ring (bicyclic) bond motifs is 11. The second-order valence-electron chi connectivity index (χ2n) is 20.5. The third kappa shape index (κ3) is 5.22. The Morgan fingerprint density at radius 2 is 1.00 bits per heavy atom. The van der Waals surface area contributed by atoms with Gasteiger partial charge in [-0.15, -0.1) is 0 Å². The van der Waals surface area contributed by atoms with E-state index in [0.29, 0.717) is 28.3 Å². The van der Waals surface area contributed by atoms with Crippen LogP contribution in [0.15, 0.2) is 194 Å². The SMILES string of the molecule is c1ccc(-c2cccc(-c3nc(-c4ccc(C56C[C@@H]7CC8C[C@H](C5)C8(C7)C6)cc4)nc(-c4ccccc4-c4cccc5c4Oc4ccccc4C54c5ccccc5-c5ccccc54)n3)c2)cc1. The highest BCUT2D eigenvalue weighted by Gasteiger charge is 2.71. The Bertz CT molecular complexity index is 3460. The smallest absolute Gasteiger partial charge is 0.164 e. The van der Waals surface area contributed by atoms with Crippen LogP contribution in [-0.2, 0) is 10.8 Å². The summed E-state index contributed by atoms with van der Waals surface area (Å²) >= 11 is 0. The van der Waals surface area contributed by atoms with E-state index in [1.165, 1.54) is 66.3 Å². The molecule has 0 N–H and O–H groups in total. The van der Waals surface area contributed by atoms with Gasteiger partial charge in [0.15, 0.2) is 17.5 Å². The van der Waals surface area contributed by atoms with Crippen LogP contribution >= 0.6 is 0 Å². The molecule has 0 saturated heterocycles. The van der Waals surface area contributed by atoms with Crippen molar-refractivity contribution in [3.8, 4) is 79.0 Å². The topological polar surface area (TPSA) is 47.9 Å². The molecule has 4 nitrogen and oxygen atoms in total. The summed E-state index contributed by atoms with van der Waals surface area (Å²) in [6.45, 7) is 0. The Morgan fingerprint density at radius 3 is 1.79 bits per heavy atom. The second kappa shape index (κ2) is 13.8. The van der Waals surface area contributed by atoms with Gasteiger partial charge in [0, 0.05) is 33.4 Å². The molecule has 4 fully saturated rings. The zero-order valence-electron chi connectivity index (χ0n) is 37.2. The first-order chi connectivity index (χ1) is 33.1. The van der Waals surface area contributed by atoms with E-state index in [1.807, 2.05) is 0 Å². The maximum Gasteiger partial charge on any atom is 0.164 e. The molecule has 67 heavy (non-hydrogen) atoms. The molecule has 1 aromatic heterocycles. The molecule has 3 bridgehead atoms. The average molecular weight is 862 g/mol. The van der Waals surface area contributed by atoms with Gasteiger partial charge in [0.25, 0.3) is 0 Å². The van der Waals surface area contributed by atoms with Crippen LogP contribution in [0.5, 0.6) is 11.5 Å². The Kier molecular flexibility index (Phi) is 7.78. The summed E-state index contributed by atoms with van der Waals surface area (Å²) < 4.78 is 7.17. The van der Waals surface area contributed by atoms with Gasteiger partial charge >= 0.3 is 0 Å². The fraction of sp³-hybridized carbons (Fsp3) is 0.190. The van der Waals surface area contributed by atoms with E-state index in [9.17, 15) is 0 Å². The van der Waals surface area contributed by atoms with Crippen molar-refractivity contribution in [3.05, 3.63) is 222 Å². The molecule has 2 heterocycles. The van der Waals surface area contributed by atoms with E-state index in [1.54, 1.807) is 0 Å². The number of aromatic nitrogens is 3. The molecule has 6 aliphatic rings. The van der Waals surface area contributed by atoms with E-state index in [-0.39, 0.29) is 0 Å². The van der Waals surface area contributed by atoms with Crippen molar-refractivity contribution in [2.45, 2.75) is 49.4 Å². The molecule has 1 aliphatic heterocycles. The van der Waals surface area contributed by atoms with Gasteiger partial charge in [-0.1, -0.05) is 182 Å². The molecule has 5 atom stereocenters. The van der Waals surface area contributed by atoms with E-state index in [2.05, 4.69) is 194 Å². The van der Waals surface area contributed by atoms with Crippen LogP contribution < -0.4 is 4.74 Å². The first-order valence-corrected chi connectivity index (χ1v) is 24.3. The van der Waals surface area contributed by atoms with E-state index >= 15 is 0 Å². The van der Waals surface area contributed by atoms with E-state index in [4.69, 9.17) is 19.7 Å². The van der Waals surface area contributed by atoms with Gasteiger partial charge in [-0.3, -0.25) is 0 Å². The normalized spacial score (nSPS) is 23.7. The Morgan fingerprint density at radius 1 is 0.403 bits per heavy atom. The van der Waals surface area contributed by atoms with Gasteiger partial charge in [0.2, 0.25) is 0 Å². The average Bonchev–Trinajstić information content (AvgIpc) is 3.87. The zero-order valence-corrected chi connectivity index (χ0v) is 37.2. The van der Waals surface area contributed by atoms with Crippen LogP contribution in [0.1, 0.15) is 66.3 Å². The molecule has 2 spiro atoms. The summed E-state index contributed by atoms with van der Waals surface area (Å²) in [7, 11) is 0. The second-order valence-corrected chi connectivity index (χ2v) is 20.5. The number of ether oxygens (including phenoxy) is 1. The first-order valence-electron chi connectivity index (χ1n) is 24.3. The summed E-state index contributed by atoms with van der Waals surface area (Å²) in [4.78, 5) is 16.1. The number of para-hydroxylation sites is 2.